The molecule has 0 aliphatic carbocycles. The van der Waals surface area contributed by atoms with Crippen LogP contribution in [-0.4, -0.2) is 34.0 Å². The fourth-order valence-electron chi connectivity index (χ4n) is 1.75. The number of aliphatic carboxylic acids is 1. The maximum Gasteiger partial charge on any atom is 0.323 e. The Balaban J connectivity index is 2.90. The molecule has 0 aromatic heterocycles. The number of rotatable bonds is 4. The number of benzene rings is 1. The van der Waals surface area contributed by atoms with Gasteiger partial charge < -0.3 is 10.0 Å². The molecule has 0 spiro atoms. The Kier molecular flexibility index (Phi) is 4.81. The second-order valence-corrected chi connectivity index (χ2v) is 5.47. The van der Waals surface area contributed by atoms with Crippen LogP contribution in [0.15, 0.2) is 18.2 Å². The second kappa shape index (κ2) is 5.98. The average Bonchev–Trinajstić information content (AvgIpc) is 2.29. The summed E-state index contributed by atoms with van der Waals surface area (Å²) in [6.45, 7) is 4.68. The van der Waals surface area contributed by atoms with Gasteiger partial charge in [0.1, 0.15) is 6.54 Å². The summed E-state index contributed by atoms with van der Waals surface area (Å²) in [5.74, 6) is -3.60. The van der Waals surface area contributed by atoms with Gasteiger partial charge in [-0.1, -0.05) is 6.07 Å². The van der Waals surface area contributed by atoms with Crippen molar-refractivity contribution in [2.24, 2.45) is 0 Å². The van der Waals surface area contributed by atoms with E-state index in [-0.39, 0.29) is 6.42 Å². The van der Waals surface area contributed by atoms with E-state index in [0.717, 1.165) is 12.1 Å². The van der Waals surface area contributed by atoms with Gasteiger partial charge in [-0.15, -0.1) is 0 Å². The Morgan fingerprint density at radius 1 is 1.20 bits per heavy atom. The Morgan fingerprint density at radius 3 is 2.25 bits per heavy atom. The van der Waals surface area contributed by atoms with E-state index in [1.807, 2.05) is 0 Å². The van der Waals surface area contributed by atoms with Crippen molar-refractivity contribution in [3.05, 3.63) is 35.4 Å². The SMILES string of the molecule is CC(C)(C)N(CC(=O)O)C(=O)Cc1ccc(F)c(F)c1. The summed E-state index contributed by atoms with van der Waals surface area (Å²) < 4.78 is 25.9. The van der Waals surface area contributed by atoms with Crippen molar-refractivity contribution < 1.29 is 23.5 Å². The summed E-state index contributed by atoms with van der Waals surface area (Å²) >= 11 is 0. The summed E-state index contributed by atoms with van der Waals surface area (Å²) in [5, 5.41) is 8.84. The van der Waals surface area contributed by atoms with E-state index < -0.39 is 35.6 Å². The van der Waals surface area contributed by atoms with Crippen LogP contribution in [0.3, 0.4) is 0 Å². The van der Waals surface area contributed by atoms with E-state index in [1.54, 1.807) is 20.8 Å². The molecule has 1 amide bonds. The molecule has 1 rings (SSSR count). The Morgan fingerprint density at radius 2 is 1.80 bits per heavy atom. The fourth-order valence-corrected chi connectivity index (χ4v) is 1.75. The van der Waals surface area contributed by atoms with Crippen LogP contribution < -0.4 is 0 Å². The monoisotopic (exact) mass is 285 g/mol. The van der Waals surface area contributed by atoms with Gasteiger partial charge in [-0.2, -0.15) is 0 Å². The lowest BCUT2D eigenvalue weighted by Crippen LogP contribution is -2.48. The number of carboxylic acids is 1. The molecule has 0 aliphatic rings. The van der Waals surface area contributed by atoms with Crippen molar-refractivity contribution in [3.8, 4) is 0 Å². The van der Waals surface area contributed by atoms with Crippen LogP contribution in [0.5, 0.6) is 0 Å². The van der Waals surface area contributed by atoms with Gasteiger partial charge in [0, 0.05) is 5.54 Å². The molecular formula is C14H17F2NO3. The largest absolute Gasteiger partial charge is 0.480 e. The highest BCUT2D eigenvalue weighted by molar-refractivity contribution is 5.83. The topological polar surface area (TPSA) is 57.6 Å². The van der Waals surface area contributed by atoms with E-state index in [0.29, 0.717) is 5.56 Å². The standard InChI is InChI=1S/C14H17F2NO3/c1-14(2,3)17(8-13(19)20)12(18)7-9-4-5-10(15)11(16)6-9/h4-6H,7-8H2,1-3H3,(H,19,20). The van der Waals surface area contributed by atoms with Crippen LogP contribution in [0, 0.1) is 11.6 Å². The number of hydrogen-bond acceptors (Lipinski definition) is 2. The van der Waals surface area contributed by atoms with Gasteiger partial charge in [0.25, 0.3) is 0 Å². The molecule has 0 atom stereocenters. The van der Waals surface area contributed by atoms with Gasteiger partial charge in [-0.3, -0.25) is 9.59 Å². The maximum atomic E-state index is 13.1. The Hall–Kier alpha value is -1.98. The highest BCUT2D eigenvalue weighted by Crippen LogP contribution is 2.16. The summed E-state index contributed by atoms with van der Waals surface area (Å²) in [6.07, 6.45) is -0.179. The smallest absolute Gasteiger partial charge is 0.323 e. The molecule has 20 heavy (non-hydrogen) atoms. The zero-order chi connectivity index (χ0) is 15.5. The minimum Gasteiger partial charge on any atom is -0.480 e. The molecule has 1 aromatic rings. The molecular weight excluding hydrogens is 268 g/mol. The van der Waals surface area contributed by atoms with E-state index in [1.165, 1.54) is 11.0 Å². The molecule has 0 unspecified atom stereocenters. The van der Waals surface area contributed by atoms with Crippen LogP contribution in [-0.2, 0) is 16.0 Å². The minimum atomic E-state index is -1.13. The third kappa shape index (κ3) is 4.29. The molecule has 0 aliphatic heterocycles. The molecule has 0 saturated heterocycles. The van der Waals surface area contributed by atoms with E-state index in [9.17, 15) is 18.4 Å². The molecule has 6 heteroatoms. The zero-order valence-electron chi connectivity index (χ0n) is 11.6. The number of halogens is 2. The van der Waals surface area contributed by atoms with Crippen molar-refractivity contribution in [3.63, 3.8) is 0 Å². The van der Waals surface area contributed by atoms with Gasteiger partial charge in [-0.25, -0.2) is 8.78 Å². The van der Waals surface area contributed by atoms with Crippen LogP contribution in [0.25, 0.3) is 0 Å². The maximum absolute atomic E-state index is 13.1. The summed E-state index contributed by atoms with van der Waals surface area (Å²) in [6, 6.07) is 3.18. The van der Waals surface area contributed by atoms with Crippen molar-refractivity contribution in [2.75, 3.05) is 6.54 Å². The predicted molar refractivity (Wildman–Crippen MR) is 69.2 cm³/mol. The highest BCUT2D eigenvalue weighted by Gasteiger charge is 2.28. The molecule has 0 fully saturated rings. The van der Waals surface area contributed by atoms with Gasteiger partial charge in [0.2, 0.25) is 5.91 Å². The molecule has 1 N–H and O–H groups in total. The van der Waals surface area contributed by atoms with Crippen LogP contribution in [0.1, 0.15) is 26.3 Å². The Bertz CT molecular complexity index is 524. The lowest BCUT2D eigenvalue weighted by molar-refractivity contribution is -0.147. The highest BCUT2D eigenvalue weighted by atomic mass is 19.2. The summed E-state index contributed by atoms with van der Waals surface area (Å²) in [5.41, 5.74) is -0.373. The van der Waals surface area contributed by atoms with E-state index >= 15 is 0 Å². The lowest BCUT2D eigenvalue weighted by Gasteiger charge is -2.34. The first kappa shape index (κ1) is 16.1. The molecule has 4 nitrogen and oxygen atoms in total. The summed E-state index contributed by atoms with van der Waals surface area (Å²) in [7, 11) is 0. The van der Waals surface area contributed by atoms with E-state index in [2.05, 4.69) is 0 Å². The van der Waals surface area contributed by atoms with Gasteiger partial charge in [-0.05, 0) is 38.5 Å². The molecule has 0 bridgehead atoms. The molecule has 0 radical (unpaired) electrons. The predicted octanol–water partition coefficient (Wildman–Crippen LogP) is 2.22. The fraction of sp³-hybridized carbons (Fsp3) is 0.429. The van der Waals surface area contributed by atoms with Gasteiger partial charge in [0.15, 0.2) is 11.6 Å². The number of carboxylic acid groups (broad SMARTS) is 1. The quantitative estimate of drug-likeness (QED) is 0.922. The summed E-state index contributed by atoms with van der Waals surface area (Å²) in [4.78, 5) is 24.1. The van der Waals surface area contributed by atoms with Crippen LogP contribution in [0.2, 0.25) is 0 Å². The first-order valence-corrected chi connectivity index (χ1v) is 6.07. The minimum absolute atomic E-state index is 0.179. The third-order valence-corrected chi connectivity index (χ3v) is 2.74. The van der Waals surface area contributed by atoms with Crippen molar-refractivity contribution in [1.29, 1.82) is 0 Å². The van der Waals surface area contributed by atoms with Gasteiger partial charge in [0.05, 0.1) is 6.42 Å². The first-order valence-electron chi connectivity index (χ1n) is 6.07. The van der Waals surface area contributed by atoms with Crippen LogP contribution >= 0.6 is 0 Å². The average molecular weight is 285 g/mol. The molecule has 0 saturated carbocycles. The molecule has 1 aromatic carbocycles. The van der Waals surface area contributed by atoms with Gasteiger partial charge >= 0.3 is 5.97 Å². The third-order valence-electron chi connectivity index (χ3n) is 2.74. The van der Waals surface area contributed by atoms with E-state index in [4.69, 9.17) is 5.11 Å². The number of carbonyl (C=O) groups excluding carboxylic acids is 1. The zero-order valence-corrected chi connectivity index (χ0v) is 11.6. The number of nitrogens with zero attached hydrogens (tertiary/aromatic N) is 1. The van der Waals surface area contributed by atoms with Crippen molar-refractivity contribution in [2.45, 2.75) is 32.7 Å². The van der Waals surface area contributed by atoms with Crippen molar-refractivity contribution >= 4 is 11.9 Å². The first-order chi connectivity index (χ1) is 9.11. The normalized spacial score (nSPS) is 11.2. The Labute approximate surface area is 116 Å². The van der Waals surface area contributed by atoms with Crippen LogP contribution in [0.4, 0.5) is 8.78 Å². The second-order valence-electron chi connectivity index (χ2n) is 5.47. The number of carbonyl (C=O) groups is 2. The lowest BCUT2D eigenvalue weighted by atomic mass is 10.0. The molecule has 110 valence electrons. The van der Waals surface area contributed by atoms with Crippen molar-refractivity contribution in [1.82, 2.24) is 4.90 Å². The number of hydrogen-bond donors (Lipinski definition) is 1. The molecule has 0 heterocycles. The number of amides is 1.